The van der Waals surface area contributed by atoms with Crippen LogP contribution in [0.25, 0.3) is 0 Å². The van der Waals surface area contributed by atoms with E-state index >= 15 is 0 Å². The molecule has 0 amide bonds. The van der Waals surface area contributed by atoms with E-state index < -0.39 is 0 Å². The first-order valence-electron chi connectivity index (χ1n) is 5.30. The monoisotopic (exact) mass is 240 g/mol. The molecule has 0 aliphatic rings. The van der Waals surface area contributed by atoms with Gasteiger partial charge in [-0.1, -0.05) is 72.9 Å². The van der Waals surface area contributed by atoms with Crippen LogP contribution in [0, 0.1) is 0 Å². The zero-order chi connectivity index (χ0) is 11.9. The highest BCUT2D eigenvalue weighted by Gasteiger charge is 1.96. The van der Waals surface area contributed by atoms with Crippen LogP contribution in [-0.4, -0.2) is 11.2 Å². The van der Waals surface area contributed by atoms with Crippen molar-refractivity contribution < 1.29 is 0 Å². The lowest BCUT2D eigenvalue weighted by Gasteiger charge is -2.01. The lowest BCUT2D eigenvalue weighted by atomic mass is 10.2. The number of benzene rings is 2. The van der Waals surface area contributed by atoms with Crippen molar-refractivity contribution in [2.75, 3.05) is 0 Å². The van der Waals surface area contributed by atoms with Gasteiger partial charge in [-0.2, -0.15) is 5.10 Å². The molecule has 0 unspecified atom stereocenters. The molecule has 0 fully saturated rings. The number of hydrogen-bond acceptors (Lipinski definition) is 2. The zero-order valence-corrected chi connectivity index (χ0v) is 10.0. The highest BCUT2D eigenvalue weighted by Crippen LogP contribution is 1.99. The summed E-state index contributed by atoms with van der Waals surface area (Å²) in [6.45, 7) is 0. The fourth-order valence-corrected chi connectivity index (χ4v) is 1.55. The second kappa shape index (κ2) is 5.92. The molecule has 0 radical (unpaired) electrons. The number of hydrogen-bond donors (Lipinski definition) is 1. The van der Waals surface area contributed by atoms with Gasteiger partial charge in [-0.3, -0.25) is 5.43 Å². The molecular formula is C14H12N2S. The molecule has 2 aromatic carbocycles. The Hall–Kier alpha value is -2.00. The van der Waals surface area contributed by atoms with E-state index in [1.807, 2.05) is 60.7 Å². The van der Waals surface area contributed by atoms with Gasteiger partial charge in [0.2, 0.25) is 0 Å². The van der Waals surface area contributed by atoms with Gasteiger partial charge >= 0.3 is 0 Å². The third-order valence-electron chi connectivity index (χ3n) is 2.22. The summed E-state index contributed by atoms with van der Waals surface area (Å²) in [6.07, 6.45) is 1.75. The SMILES string of the molecule is S=C(N/N=C/c1ccccc1)c1ccccc1. The molecule has 0 atom stereocenters. The van der Waals surface area contributed by atoms with Crippen LogP contribution >= 0.6 is 12.2 Å². The smallest absolute Gasteiger partial charge is 0.126 e. The van der Waals surface area contributed by atoms with Gasteiger partial charge in [0.1, 0.15) is 4.99 Å². The molecule has 0 spiro atoms. The topological polar surface area (TPSA) is 24.4 Å². The van der Waals surface area contributed by atoms with Gasteiger partial charge in [0.25, 0.3) is 0 Å². The predicted octanol–water partition coefficient (Wildman–Crippen LogP) is 2.99. The quantitative estimate of drug-likeness (QED) is 0.507. The Bertz CT molecular complexity index is 506. The Balaban J connectivity index is 1.95. The van der Waals surface area contributed by atoms with E-state index in [4.69, 9.17) is 12.2 Å². The fourth-order valence-electron chi connectivity index (χ4n) is 1.36. The zero-order valence-electron chi connectivity index (χ0n) is 9.21. The molecule has 0 aromatic heterocycles. The molecule has 0 bridgehead atoms. The normalized spacial score (nSPS) is 10.4. The van der Waals surface area contributed by atoms with Crippen LogP contribution in [-0.2, 0) is 0 Å². The maximum atomic E-state index is 5.21. The van der Waals surface area contributed by atoms with E-state index in [0.29, 0.717) is 4.99 Å². The van der Waals surface area contributed by atoms with Crippen molar-refractivity contribution in [1.82, 2.24) is 5.43 Å². The lowest BCUT2D eigenvalue weighted by Crippen LogP contribution is -2.15. The number of nitrogens with zero attached hydrogens (tertiary/aromatic N) is 1. The first kappa shape index (κ1) is 11.5. The minimum Gasteiger partial charge on any atom is -0.267 e. The Morgan fingerprint density at radius 2 is 1.53 bits per heavy atom. The number of thiocarbonyl (C=S) groups is 1. The third-order valence-corrected chi connectivity index (χ3v) is 2.54. The van der Waals surface area contributed by atoms with Crippen LogP contribution in [0.1, 0.15) is 11.1 Å². The molecule has 0 aliphatic carbocycles. The second-order valence-corrected chi connectivity index (χ2v) is 3.88. The van der Waals surface area contributed by atoms with E-state index in [1.165, 1.54) is 0 Å². The van der Waals surface area contributed by atoms with Gasteiger partial charge in [0.05, 0.1) is 6.21 Å². The van der Waals surface area contributed by atoms with E-state index in [9.17, 15) is 0 Å². The van der Waals surface area contributed by atoms with E-state index in [2.05, 4.69) is 10.5 Å². The first-order chi connectivity index (χ1) is 8.36. The number of hydrazone groups is 1. The molecule has 1 N–H and O–H groups in total. The molecule has 0 heterocycles. The van der Waals surface area contributed by atoms with Crippen molar-refractivity contribution in [1.29, 1.82) is 0 Å². The minimum absolute atomic E-state index is 0.623. The van der Waals surface area contributed by atoms with Crippen molar-refractivity contribution in [2.45, 2.75) is 0 Å². The van der Waals surface area contributed by atoms with Gasteiger partial charge in [0.15, 0.2) is 0 Å². The van der Waals surface area contributed by atoms with Crippen molar-refractivity contribution in [3.8, 4) is 0 Å². The molecular weight excluding hydrogens is 228 g/mol. The average molecular weight is 240 g/mol. The predicted molar refractivity (Wildman–Crippen MR) is 75.3 cm³/mol. The Labute approximate surface area is 106 Å². The molecule has 2 nitrogen and oxygen atoms in total. The largest absolute Gasteiger partial charge is 0.267 e. The Morgan fingerprint density at radius 1 is 0.941 bits per heavy atom. The molecule has 0 saturated carbocycles. The molecule has 0 saturated heterocycles. The minimum atomic E-state index is 0.623. The van der Waals surface area contributed by atoms with E-state index in [-0.39, 0.29) is 0 Å². The van der Waals surface area contributed by atoms with Crippen LogP contribution in [0.2, 0.25) is 0 Å². The van der Waals surface area contributed by atoms with E-state index in [0.717, 1.165) is 11.1 Å². The standard InChI is InChI=1S/C14H12N2S/c17-14(13-9-5-2-6-10-13)16-15-11-12-7-3-1-4-8-12/h1-11H,(H,16,17)/b15-11+. The van der Waals surface area contributed by atoms with Gasteiger partial charge in [0, 0.05) is 5.56 Å². The third kappa shape index (κ3) is 3.50. The van der Waals surface area contributed by atoms with Crippen LogP contribution in [0.3, 0.4) is 0 Å². The summed E-state index contributed by atoms with van der Waals surface area (Å²) in [6, 6.07) is 19.6. The molecule has 17 heavy (non-hydrogen) atoms. The summed E-state index contributed by atoms with van der Waals surface area (Å²) in [5, 5.41) is 4.10. The van der Waals surface area contributed by atoms with Crippen molar-refractivity contribution >= 4 is 23.4 Å². The maximum absolute atomic E-state index is 5.21. The first-order valence-corrected chi connectivity index (χ1v) is 5.70. The number of nitrogens with one attached hydrogen (secondary N) is 1. The van der Waals surface area contributed by atoms with Crippen LogP contribution in [0.15, 0.2) is 65.8 Å². The molecule has 3 heteroatoms. The Morgan fingerprint density at radius 3 is 2.18 bits per heavy atom. The molecule has 2 rings (SSSR count). The van der Waals surface area contributed by atoms with Crippen LogP contribution < -0.4 is 5.43 Å². The maximum Gasteiger partial charge on any atom is 0.126 e. The van der Waals surface area contributed by atoms with Gasteiger partial charge < -0.3 is 0 Å². The van der Waals surface area contributed by atoms with Gasteiger partial charge in [-0.15, -0.1) is 0 Å². The molecule has 84 valence electrons. The highest BCUT2D eigenvalue weighted by atomic mass is 32.1. The second-order valence-electron chi connectivity index (χ2n) is 3.48. The van der Waals surface area contributed by atoms with Gasteiger partial charge in [-0.05, 0) is 5.56 Å². The summed E-state index contributed by atoms with van der Waals surface area (Å²) < 4.78 is 0. The Kier molecular flexibility index (Phi) is 4.00. The van der Waals surface area contributed by atoms with Gasteiger partial charge in [-0.25, -0.2) is 0 Å². The van der Waals surface area contributed by atoms with Crippen molar-refractivity contribution in [3.63, 3.8) is 0 Å². The fraction of sp³-hybridized carbons (Fsp3) is 0. The van der Waals surface area contributed by atoms with Crippen LogP contribution in [0.5, 0.6) is 0 Å². The molecule has 0 aliphatic heterocycles. The summed E-state index contributed by atoms with van der Waals surface area (Å²) in [7, 11) is 0. The molecule has 2 aromatic rings. The summed E-state index contributed by atoms with van der Waals surface area (Å²) in [5.41, 5.74) is 4.85. The van der Waals surface area contributed by atoms with Crippen LogP contribution in [0.4, 0.5) is 0 Å². The lowest BCUT2D eigenvalue weighted by molar-refractivity contribution is 1.06. The summed E-state index contributed by atoms with van der Waals surface area (Å²) >= 11 is 5.21. The summed E-state index contributed by atoms with van der Waals surface area (Å²) in [5.74, 6) is 0. The average Bonchev–Trinajstić information content (AvgIpc) is 2.41. The summed E-state index contributed by atoms with van der Waals surface area (Å²) in [4.78, 5) is 0.623. The van der Waals surface area contributed by atoms with E-state index in [1.54, 1.807) is 6.21 Å². The number of rotatable bonds is 3. The van der Waals surface area contributed by atoms with Crippen molar-refractivity contribution in [3.05, 3.63) is 71.8 Å². The highest BCUT2D eigenvalue weighted by molar-refractivity contribution is 7.80. The van der Waals surface area contributed by atoms with Crippen molar-refractivity contribution in [2.24, 2.45) is 5.10 Å².